The molecular formula is C15H12N2O2S. The van der Waals surface area contributed by atoms with Crippen molar-refractivity contribution in [1.29, 1.82) is 0 Å². The second kappa shape index (κ2) is 5.30. The minimum absolute atomic E-state index is 0.198. The van der Waals surface area contributed by atoms with Crippen LogP contribution in [0, 0.1) is 6.92 Å². The molecule has 1 amide bonds. The van der Waals surface area contributed by atoms with Crippen molar-refractivity contribution in [3.05, 3.63) is 58.3 Å². The third-order valence-electron chi connectivity index (χ3n) is 2.95. The molecule has 2 heterocycles. The minimum atomic E-state index is -0.198. The Morgan fingerprint density at radius 1 is 1.30 bits per heavy atom. The molecule has 3 rings (SSSR count). The van der Waals surface area contributed by atoms with Crippen LogP contribution in [-0.2, 0) is 0 Å². The van der Waals surface area contributed by atoms with Crippen LogP contribution in [0.3, 0.4) is 0 Å². The van der Waals surface area contributed by atoms with Gasteiger partial charge in [-0.1, -0.05) is 23.4 Å². The molecule has 0 aliphatic heterocycles. The Balaban J connectivity index is 1.79. The fourth-order valence-electron chi connectivity index (χ4n) is 1.89. The lowest BCUT2D eigenvalue weighted by atomic mass is 10.1. The van der Waals surface area contributed by atoms with Crippen molar-refractivity contribution in [2.75, 3.05) is 5.32 Å². The van der Waals surface area contributed by atoms with Crippen molar-refractivity contribution < 1.29 is 9.32 Å². The molecule has 1 N–H and O–H groups in total. The van der Waals surface area contributed by atoms with E-state index in [1.807, 2.05) is 41.9 Å². The van der Waals surface area contributed by atoms with E-state index < -0.39 is 0 Å². The molecule has 0 atom stereocenters. The summed E-state index contributed by atoms with van der Waals surface area (Å²) in [5, 5.41) is 10.6. The summed E-state index contributed by atoms with van der Waals surface area (Å²) in [7, 11) is 0. The lowest BCUT2D eigenvalue weighted by Crippen LogP contribution is -2.12. The highest BCUT2D eigenvalue weighted by atomic mass is 32.1. The number of aryl methyl sites for hydroxylation is 1. The molecule has 2 aromatic heterocycles. The largest absolute Gasteiger partial charge is 0.338 e. The average molecular weight is 284 g/mol. The number of hydrogen-bond donors (Lipinski definition) is 1. The van der Waals surface area contributed by atoms with Crippen LogP contribution in [0.25, 0.3) is 11.3 Å². The summed E-state index contributed by atoms with van der Waals surface area (Å²) in [6, 6.07) is 11.1. The maximum Gasteiger partial charge on any atom is 0.258 e. The Labute approximate surface area is 120 Å². The van der Waals surface area contributed by atoms with Crippen LogP contribution in [0.4, 0.5) is 5.88 Å². The molecule has 0 aliphatic rings. The van der Waals surface area contributed by atoms with Crippen molar-refractivity contribution in [3.8, 4) is 11.3 Å². The fourth-order valence-corrected chi connectivity index (χ4v) is 2.54. The van der Waals surface area contributed by atoms with E-state index >= 15 is 0 Å². The summed E-state index contributed by atoms with van der Waals surface area (Å²) < 4.78 is 5.14. The normalized spacial score (nSPS) is 10.4. The molecule has 0 unspecified atom stereocenters. The van der Waals surface area contributed by atoms with Gasteiger partial charge in [-0.15, -0.1) is 0 Å². The van der Waals surface area contributed by atoms with Crippen LogP contribution in [0.2, 0.25) is 0 Å². The van der Waals surface area contributed by atoms with Gasteiger partial charge in [0.05, 0.1) is 0 Å². The molecule has 0 spiro atoms. The number of carbonyl (C=O) groups is 1. The molecule has 5 heteroatoms. The highest BCUT2D eigenvalue weighted by Crippen LogP contribution is 2.24. The lowest BCUT2D eigenvalue weighted by molar-refractivity contribution is 0.102. The molecule has 0 aliphatic carbocycles. The highest BCUT2D eigenvalue weighted by molar-refractivity contribution is 7.08. The van der Waals surface area contributed by atoms with Crippen molar-refractivity contribution in [1.82, 2.24) is 5.16 Å². The number of amides is 1. The summed E-state index contributed by atoms with van der Waals surface area (Å²) in [6.45, 7) is 1.89. The van der Waals surface area contributed by atoms with E-state index in [1.54, 1.807) is 23.5 Å². The Morgan fingerprint density at radius 2 is 2.15 bits per heavy atom. The predicted octanol–water partition coefficient (Wildman–Crippen LogP) is 3.96. The van der Waals surface area contributed by atoms with E-state index in [2.05, 4.69) is 10.5 Å². The van der Waals surface area contributed by atoms with Crippen molar-refractivity contribution >= 4 is 23.1 Å². The molecular weight excluding hydrogens is 272 g/mol. The maximum atomic E-state index is 12.1. The summed E-state index contributed by atoms with van der Waals surface area (Å²) >= 11 is 1.59. The van der Waals surface area contributed by atoms with E-state index in [-0.39, 0.29) is 5.91 Å². The number of rotatable bonds is 3. The number of aromatic nitrogens is 1. The summed E-state index contributed by atoms with van der Waals surface area (Å²) in [6.07, 6.45) is 0. The van der Waals surface area contributed by atoms with Crippen molar-refractivity contribution in [2.45, 2.75) is 6.92 Å². The second-order valence-corrected chi connectivity index (χ2v) is 5.14. The first kappa shape index (κ1) is 12.6. The van der Waals surface area contributed by atoms with Crippen LogP contribution in [-0.4, -0.2) is 11.1 Å². The molecule has 1 aromatic carbocycles. The smallest absolute Gasteiger partial charge is 0.258 e. The number of hydrogen-bond acceptors (Lipinski definition) is 4. The zero-order chi connectivity index (χ0) is 13.9. The van der Waals surface area contributed by atoms with Gasteiger partial charge >= 0.3 is 0 Å². The summed E-state index contributed by atoms with van der Waals surface area (Å²) in [4.78, 5) is 12.1. The van der Waals surface area contributed by atoms with Gasteiger partial charge in [-0.25, -0.2) is 0 Å². The molecule has 0 bridgehead atoms. The van der Waals surface area contributed by atoms with E-state index in [1.165, 1.54) is 0 Å². The third-order valence-corrected chi connectivity index (χ3v) is 3.64. The van der Waals surface area contributed by atoms with Gasteiger partial charge in [0.1, 0.15) is 5.69 Å². The maximum absolute atomic E-state index is 12.1. The van der Waals surface area contributed by atoms with Gasteiger partial charge in [0.2, 0.25) is 5.88 Å². The first-order valence-electron chi connectivity index (χ1n) is 6.10. The van der Waals surface area contributed by atoms with Crippen LogP contribution < -0.4 is 5.32 Å². The van der Waals surface area contributed by atoms with Gasteiger partial charge < -0.3 is 4.52 Å². The van der Waals surface area contributed by atoms with Crippen LogP contribution in [0.1, 0.15) is 15.9 Å². The van der Waals surface area contributed by atoms with E-state index in [9.17, 15) is 4.79 Å². The Bertz CT molecular complexity index is 732. The molecule has 100 valence electrons. The molecule has 0 saturated carbocycles. The summed E-state index contributed by atoms with van der Waals surface area (Å²) in [5.74, 6) is 0.149. The van der Waals surface area contributed by atoms with Crippen LogP contribution in [0.5, 0.6) is 0 Å². The number of nitrogens with zero attached hydrogens (tertiary/aromatic N) is 1. The molecule has 20 heavy (non-hydrogen) atoms. The number of thiophene rings is 1. The standard InChI is InChI=1S/C15H12N2O2S/c1-10-4-2-3-5-12(10)15(18)16-14-8-13(17-19-14)11-6-7-20-9-11/h2-9H,1H3,(H,16,18). The average Bonchev–Trinajstić information content (AvgIpc) is 3.09. The number of benzene rings is 1. The lowest BCUT2D eigenvalue weighted by Gasteiger charge is -2.03. The number of nitrogens with one attached hydrogen (secondary N) is 1. The van der Waals surface area contributed by atoms with Gasteiger partial charge in [0, 0.05) is 22.6 Å². The van der Waals surface area contributed by atoms with Gasteiger partial charge in [0.15, 0.2) is 0 Å². The quantitative estimate of drug-likeness (QED) is 0.792. The third kappa shape index (κ3) is 2.48. The molecule has 0 fully saturated rings. The number of carbonyl (C=O) groups excluding carboxylic acids is 1. The van der Waals surface area contributed by atoms with E-state index in [4.69, 9.17) is 4.52 Å². The van der Waals surface area contributed by atoms with Crippen molar-refractivity contribution in [3.63, 3.8) is 0 Å². The Hall–Kier alpha value is -2.40. The van der Waals surface area contributed by atoms with Gasteiger partial charge in [0.25, 0.3) is 5.91 Å². The molecule has 0 radical (unpaired) electrons. The van der Waals surface area contributed by atoms with Crippen LogP contribution in [0.15, 0.2) is 51.7 Å². The van der Waals surface area contributed by atoms with Crippen molar-refractivity contribution in [2.24, 2.45) is 0 Å². The molecule has 0 saturated heterocycles. The topological polar surface area (TPSA) is 55.1 Å². The monoisotopic (exact) mass is 284 g/mol. The van der Waals surface area contributed by atoms with Crippen LogP contribution >= 0.6 is 11.3 Å². The highest BCUT2D eigenvalue weighted by Gasteiger charge is 2.12. The zero-order valence-corrected chi connectivity index (χ0v) is 11.6. The Morgan fingerprint density at radius 3 is 2.90 bits per heavy atom. The number of anilines is 1. The minimum Gasteiger partial charge on any atom is -0.338 e. The van der Waals surface area contributed by atoms with Gasteiger partial charge in [-0.05, 0) is 30.0 Å². The molecule has 4 nitrogen and oxygen atoms in total. The van der Waals surface area contributed by atoms with E-state index in [0.717, 1.165) is 11.1 Å². The van der Waals surface area contributed by atoms with E-state index in [0.29, 0.717) is 17.1 Å². The summed E-state index contributed by atoms with van der Waals surface area (Å²) in [5.41, 5.74) is 3.24. The Kier molecular flexibility index (Phi) is 3.35. The predicted molar refractivity (Wildman–Crippen MR) is 78.9 cm³/mol. The first-order chi connectivity index (χ1) is 9.74. The van der Waals surface area contributed by atoms with Gasteiger partial charge in [-0.2, -0.15) is 11.3 Å². The SMILES string of the molecule is Cc1ccccc1C(=O)Nc1cc(-c2ccsc2)no1. The zero-order valence-electron chi connectivity index (χ0n) is 10.8. The molecule has 3 aromatic rings. The fraction of sp³-hybridized carbons (Fsp3) is 0.0667. The second-order valence-electron chi connectivity index (χ2n) is 4.36. The first-order valence-corrected chi connectivity index (χ1v) is 7.04. The van der Waals surface area contributed by atoms with Gasteiger partial charge in [-0.3, -0.25) is 10.1 Å².